The van der Waals surface area contributed by atoms with E-state index in [0.717, 1.165) is 35.5 Å². The van der Waals surface area contributed by atoms with Crippen molar-refractivity contribution in [1.29, 1.82) is 0 Å². The Labute approximate surface area is 117 Å². The van der Waals surface area contributed by atoms with Crippen molar-refractivity contribution in [1.82, 2.24) is 0 Å². The highest BCUT2D eigenvalue weighted by molar-refractivity contribution is 5.54. The van der Waals surface area contributed by atoms with Crippen LogP contribution in [0.3, 0.4) is 0 Å². The molecule has 0 aromatic carbocycles. The van der Waals surface area contributed by atoms with Crippen molar-refractivity contribution in [3.63, 3.8) is 0 Å². The van der Waals surface area contributed by atoms with Gasteiger partial charge in [0.25, 0.3) is 0 Å². The summed E-state index contributed by atoms with van der Waals surface area (Å²) < 4.78 is 0. The zero-order valence-electron chi connectivity index (χ0n) is 12.1. The van der Waals surface area contributed by atoms with Crippen molar-refractivity contribution in [3.8, 4) is 0 Å². The quantitative estimate of drug-likeness (QED) is 0.636. The van der Waals surface area contributed by atoms with Crippen LogP contribution in [0.2, 0.25) is 0 Å². The first-order valence-corrected chi connectivity index (χ1v) is 8.84. The molecular formula is C18H28O. The van der Waals surface area contributed by atoms with Gasteiger partial charge in [0.2, 0.25) is 0 Å². The van der Waals surface area contributed by atoms with Crippen molar-refractivity contribution in [2.75, 3.05) is 0 Å². The fourth-order valence-electron chi connectivity index (χ4n) is 6.73. The second-order valence-corrected chi connectivity index (χ2v) is 7.90. The van der Waals surface area contributed by atoms with Crippen LogP contribution in [-0.2, 0) is 4.79 Å². The van der Waals surface area contributed by atoms with Crippen LogP contribution in [0.25, 0.3) is 0 Å². The highest BCUT2D eigenvalue weighted by Crippen LogP contribution is 2.58. The molecule has 0 heterocycles. The molecule has 0 radical (unpaired) electrons. The minimum absolute atomic E-state index is 0.418. The van der Waals surface area contributed by atoms with Crippen LogP contribution in [0.4, 0.5) is 0 Å². The third-order valence-electron chi connectivity index (χ3n) is 7.42. The molecule has 4 fully saturated rings. The van der Waals surface area contributed by atoms with E-state index in [1.54, 1.807) is 0 Å². The lowest BCUT2D eigenvalue weighted by atomic mass is 9.52. The largest absolute Gasteiger partial charge is 0.303 e. The van der Waals surface area contributed by atoms with Gasteiger partial charge in [0, 0.05) is 5.92 Å². The van der Waals surface area contributed by atoms with Gasteiger partial charge < -0.3 is 4.79 Å². The normalized spacial score (nSPS) is 52.9. The highest BCUT2D eigenvalue weighted by atomic mass is 16.1. The van der Waals surface area contributed by atoms with E-state index in [0.29, 0.717) is 5.92 Å². The van der Waals surface area contributed by atoms with E-state index >= 15 is 0 Å². The van der Waals surface area contributed by atoms with Gasteiger partial charge in [-0.1, -0.05) is 19.3 Å². The monoisotopic (exact) mass is 260 g/mol. The lowest BCUT2D eigenvalue weighted by Gasteiger charge is -2.53. The molecule has 1 heteroatoms. The lowest BCUT2D eigenvalue weighted by Crippen LogP contribution is -2.46. The maximum atomic E-state index is 11.4. The number of hydrogen-bond donors (Lipinski definition) is 0. The molecule has 4 aliphatic rings. The molecule has 0 aliphatic heterocycles. The van der Waals surface area contributed by atoms with Crippen LogP contribution in [0.1, 0.15) is 64.2 Å². The van der Waals surface area contributed by atoms with Gasteiger partial charge in [0.05, 0.1) is 0 Å². The molecule has 4 aliphatic carbocycles. The molecule has 0 amide bonds. The molecule has 4 saturated carbocycles. The maximum Gasteiger partial charge on any atom is 0.123 e. The van der Waals surface area contributed by atoms with Gasteiger partial charge in [-0.05, 0) is 80.5 Å². The van der Waals surface area contributed by atoms with E-state index in [1.165, 1.54) is 70.5 Å². The van der Waals surface area contributed by atoms with Crippen LogP contribution in [0.5, 0.6) is 0 Å². The Hall–Kier alpha value is -0.330. The van der Waals surface area contributed by atoms with E-state index in [4.69, 9.17) is 0 Å². The third kappa shape index (κ3) is 1.91. The number of fused-ring (bicyclic) bond motifs is 5. The second kappa shape index (κ2) is 4.90. The Bertz CT molecular complexity index is 350. The van der Waals surface area contributed by atoms with Gasteiger partial charge in [-0.3, -0.25) is 0 Å². The maximum absolute atomic E-state index is 11.4. The highest BCUT2D eigenvalue weighted by Gasteiger charge is 2.50. The summed E-state index contributed by atoms with van der Waals surface area (Å²) in [6.07, 6.45) is 15.7. The fourth-order valence-corrected chi connectivity index (χ4v) is 6.73. The van der Waals surface area contributed by atoms with Crippen molar-refractivity contribution >= 4 is 6.29 Å². The van der Waals surface area contributed by atoms with E-state index in [1.807, 2.05) is 0 Å². The summed E-state index contributed by atoms with van der Waals surface area (Å²) in [7, 11) is 0. The average molecular weight is 260 g/mol. The van der Waals surface area contributed by atoms with Crippen molar-refractivity contribution in [2.24, 2.45) is 41.4 Å². The summed E-state index contributed by atoms with van der Waals surface area (Å²) in [5.74, 6) is 6.32. The van der Waals surface area contributed by atoms with Gasteiger partial charge in [-0.2, -0.15) is 0 Å². The summed E-state index contributed by atoms with van der Waals surface area (Å²) in [5.41, 5.74) is 0. The minimum atomic E-state index is 0.418. The van der Waals surface area contributed by atoms with Crippen LogP contribution < -0.4 is 0 Å². The Kier molecular flexibility index (Phi) is 3.20. The molecule has 7 atom stereocenters. The van der Waals surface area contributed by atoms with Crippen molar-refractivity contribution in [3.05, 3.63) is 0 Å². The predicted molar refractivity (Wildman–Crippen MR) is 76.7 cm³/mol. The Morgan fingerprint density at radius 1 is 0.579 bits per heavy atom. The van der Waals surface area contributed by atoms with Crippen LogP contribution >= 0.6 is 0 Å². The van der Waals surface area contributed by atoms with E-state index < -0.39 is 0 Å². The molecule has 4 rings (SSSR count). The molecule has 2 unspecified atom stereocenters. The number of carbonyl (C=O) groups excluding carboxylic acids is 1. The second-order valence-electron chi connectivity index (χ2n) is 7.90. The molecule has 0 aromatic rings. The van der Waals surface area contributed by atoms with Gasteiger partial charge in [-0.25, -0.2) is 0 Å². The molecule has 0 spiro atoms. The Morgan fingerprint density at radius 3 is 2.11 bits per heavy atom. The lowest BCUT2D eigenvalue weighted by molar-refractivity contribution is -0.118. The number of rotatable bonds is 1. The van der Waals surface area contributed by atoms with Crippen LogP contribution in [0.15, 0.2) is 0 Å². The van der Waals surface area contributed by atoms with Gasteiger partial charge in [-0.15, -0.1) is 0 Å². The average Bonchev–Trinajstić information content (AvgIpc) is 2.94. The SMILES string of the molecule is O=CC1CCC[C@H]2C1CC[C@H]1[C@@H]3CCC[C@H]3CC[C@@H]12. The fraction of sp³-hybridized carbons (Fsp3) is 0.944. The topological polar surface area (TPSA) is 17.1 Å². The van der Waals surface area contributed by atoms with E-state index in [-0.39, 0.29) is 0 Å². The summed E-state index contributed by atoms with van der Waals surface area (Å²) in [6.45, 7) is 0. The molecule has 106 valence electrons. The summed E-state index contributed by atoms with van der Waals surface area (Å²) in [6, 6.07) is 0. The number of hydrogen-bond acceptors (Lipinski definition) is 1. The summed E-state index contributed by atoms with van der Waals surface area (Å²) in [4.78, 5) is 11.4. The zero-order chi connectivity index (χ0) is 12.8. The van der Waals surface area contributed by atoms with Gasteiger partial charge in [0.1, 0.15) is 6.29 Å². The van der Waals surface area contributed by atoms with Gasteiger partial charge >= 0.3 is 0 Å². The molecule has 0 saturated heterocycles. The Morgan fingerprint density at radius 2 is 1.21 bits per heavy atom. The first kappa shape index (κ1) is 12.4. The Balaban J connectivity index is 1.56. The third-order valence-corrected chi connectivity index (χ3v) is 7.42. The predicted octanol–water partition coefficient (Wildman–Crippen LogP) is 4.45. The smallest absolute Gasteiger partial charge is 0.123 e. The molecule has 19 heavy (non-hydrogen) atoms. The van der Waals surface area contributed by atoms with Crippen molar-refractivity contribution in [2.45, 2.75) is 64.2 Å². The molecule has 0 aromatic heterocycles. The molecular weight excluding hydrogens is 232 g/mol. The molecule has 0 bridgehead atoms. The molecule has 0 N–H and O–H groups in total. The van der Waals surface area contributed by atoms with Crippen LogP contribution in [0, 0.1) is 41.4 Å². The number of carbonyl (C=O) groups is 1. The first-order valence-electron chi connectivity index (χ1n) is 8.84. The van der Waals surface area contributed by atoms with Crippen molar-refractivity contribution < 1.29 is 4.79 Å². The van der Waals surface area contributed by atoms with Gasteiger partial charge in [0.15, 0.2) is 0 Å². The first-order chi connectivity index (χ1) is 9.38. The minimum Gasteiger partial charge on any atom is -0.303 e. The summed E-state index contributed by atoms with van der Waals surface area (Å²) >= 11 is 0. The van der Waals surface area contributed by atoms with E-state index in [2.05, 4.69) is 0 Å². The zero-order valence-corrected chi connectivity index (χ0v) is 12.1. The molecule has 1 nitrogen and oxygen atoms in total. The standard InChI is InChI=1S/C18H28O/c19-11-13-4-2-6-16-15(13)9-10-17-14-5-1-3-12(14)7-8-18(16)17/h11-18H,1-10H2/t12-,13?,14+,15?,16-,17-,18+/m0/s1. The number of aldehydes is 1. The van der Waals surface area contributed by atoms with Crippen LogP contribution in [-0.4, -0.2) is 6.29 Å². The van der Waals surface area contributed by atoms with E-state index in [9.17, 15) is 4.79 Å². The summed E-state index contributed by atoms with van der Waals surface area (Å²) in [5, 5.41) is 0.